The minimum Gasteiger partial charge on any atom is -0.472 e. The molecule has 1 N–H and O–H groups in total. The molecule has 11 atom stereocenters. The number of carbonyl (C=O) groups is 4. The van der Waals surface area contributed by atoms with Gasteiger partial charge in [0.25, 0.3) is 5.79 Å². The highest BCUT2D eigenvalue weighted by atomic mass is 17.3. The summed E-state index contributed by atoms with van der Waals surface area (Å²) in [6.07, 6.45) is 2.01. The van der Waals surface area contributed by atoms with Gasteiger partial charge in [-0.1, -0.05) is 34.6 Å². The molecule has 7 rings (SSSR count). The van der Waals surface area contributed by atoms with Gasteiger partial charge in [-0.15, -0.1) is 0 Å². The summed E-state index contributed by atoms with van der Waals surface area (Å²) in [5, 5.41) is 13.3. The minimum atomic E-state index is -2.21. The number of hydrogen-bond donors (Lipinski definition) is 1. The normalized spacial score (nSPS) is 49.4. The van der Waals surface area contributed by atoms with Crippen molar-refractivity contribution >= 4 is 23.7 Å². The number of carbonyl (C=O) groups excluding carboxylic acids is 4. The Kier molecular flexibility index (Phi) is 5.92. The van der Waals surface area contributed by atoms with Crippen LogP contribution >= 0.6 is 0 Å². The fourth-order valence-corrected chi connectivity index (χ4v) is 11.2. The lowest BCUT2D eigenvalue weighted by molar-refractivity contribution is -0.439. The summed E-state index contributed by atoms with van der Waals surface area (Å²) < 4.78 is 29.3. The average Bonchev–Trinajstić information content (AvgIpc) is 3.68. The van der Waals surface area contributed by atoms with Crippen molar-refractivity contribution in [2.24, 2.45) is 39.9 Å². The Morgan fingerprint density at radius 3 is 2.45 bits per heavy atom. The molecule has 240 valence electrons. The van der Waals surface area contributed by atoms with E-state index in [-0.39, 0.29) is 25.0 Å². The Hall–Kier alpha value is -2.80. The van der Waals surface area contributed by atoms with Crippen molar-refractivity contribution in [1.82, 2.24) is 0 Å². The lowest BCUT2D eigenvalue weighted by atomic mass is 9.34. The molecule has 4 aliphatic carbocycles. The van der Waals surface area contributed by atoms with Gasteiger partial charge in [-0.25, -0.2) is 4.89 Å². The van der Waals surface area contributed by atoms with Crippen molar-refractivity contribution in [3.63, 3.8) is 0 Å². The van der Waals surface area contributed by atoms with Crippen molar-refractivity contribution in [2.45, 2.75) is 95.4 Å². The number of hydrogen-bond acceptors (Lipinski definition) is 12. The molecule has 2 spiro atoms. The zero-order valence-corrected chi connectivity index (χ0v) is 26.1. The quantitative estimate of drug-likeness (QED) is 0.207. The lowest BCUT2D eigenvalue weighted by Gasteiger charge is -2.73. The molecule has 6 aliphatic rings. The lowest BCUT2D eigenvalue weighted by Crippen LogP contribution is -2.90. The molecular formula is C32H40O12. The van der Waals surface area contributed by atoms with Crippen LogP contribution in [0.1, 0.15) is 77.1 Å². The van der Waals surface area contributed by atoms with E-state index < -0.39 is 86.5 Å². The summed E-state index contributed by atoms with van der Waals surface area (Å²) in [7, 11) is 2.87. The van der Waals surface area contributed by atoms with Gasteiger partial charge in [0.2, 0.25) is 5.60 Å². The second-order valence-electron chi connectivity index (χ2n) is 14.7. The highest BCUT2D eigenvalue weighted by Gasteiger charge is 3.03. The molecular weight excluding hydrogens is 576 g/mol. The van der Waals surface area contributed by atoms with Crippen LogP contribution in [0.3, 0.4) is 0 Å². The Morgan fingerprint density at radius 1 is 1.11 bits per heavy atom. The van der Waals surface area contributed by atoms with E-state index in [4.69, 9.17) is 33.1 Å². The summed E-state index contributed by atoms with van der Waals surface area (Å²) in [5.41, 5.74) is -8.03. The molecule has 6 fully saturated rings. The van der Waals surface area contributed by atoms with Crippen LogP contribution in [0, 0.1) is 39.9 Å². The fourth-order valence-electron chi connectivity index (χ4n) is 11.2. The van der Waals surface area contributed by atoms with Gasteiger partial charge in [0.15, 0.2) is 11.4 Å². The first-order valence-corrected chi connectivity index (χ1v) is 15.3. The number of esters is 3. The van der Waals surface area contributed by atoms with Crippen LogP contribution in [0.25, 0.3) is 0 Å². The van der Waals surface area contributed by atoms with Gasteiger partial charge in [0, 0.05) is 29.8 Å². The molecule has 1 aromatic rings. The monoisotopic (exact) mass is 616 g/mol. The molecule has 3 heterocycles. The minimum absolute atomic E-state index is 0.0824. The van der Waals surface area contributed by atoms with Crippen molar-refractivity contribution < 1.29 is 57.4 Å². The fraction of sp³-hybridized carbons (Fsp3) is 0.750. The van der Waals surface area contributed by atoms with Gasteiger partial charge < -0.3 is 28.5 Å². The summed E-state index contributed by atoms with van der Waals surface area (Å²) in [4.78, 5) is 66.7. The van der Waals surface area contributed by atoms with Crippen LogP contribution in [-0.2, 0) is 43.1 Å². The van der Waals surface area contributed by atoms with E-state index in [1.807, 2.05) is 20.8 Å². The SMILES string of the molecule is COC(=O)C[C@@H]1C2(C)C3(OC)CC[C@@](C)(C(=O)c4ccoc4)C4CC(=O)O[C@]5(OOC26C[C@]1(C)[C@H](OC(=O)C(C)C)[C@@]65O)C43. The third-order valence-electron chi connectivity index (χ3n) is 13.0. The van der Waals surface area contributed by atoms with E-state index in [0.717, 1.165) is 0 Å². The number of furan rings is 1. The van der Waals surface area contributed by atoms with Gasteiger partial charge in [-0.3, -0.25) is 19.2 Å². The van der Waals surface area contributed by atoms with Crippen LogP contribution in [0.5, 0.6) is 0 Å². The standard InChI is InChI=1S/C32H40O12/c1-16(2)24(36)41-25-27(4)15-30-28(5,19(27)13-20(33)38-6)29(39-7)10-9-26(3,23(35)17-8-11-40-14-17)18-12-21(34)42-32(22(18)29,44-43-30)31(25,30)37/h8,11,14,16,18-19,22,25,37H,9-10,12-13,15H2,1-7H3/t18?,19-,22?,25-,26+,27-,28?,29?,30?,31+,32-/m0/s1. The van der Waals surface area contributed by atoms with Crippen LogP contribution in [0.2, 0.25) is 0 Å². The first-order chi connectivity index (χ1) is 20.6. The predicted molar refractivity (Wildman–Crippen MR) is 146 cm³/mol. The molecule has 3 bridgehead atoms. The maximum absolute atomic E-state index is 14.2. The maximum atomic E-state index is 14.2. The van der Waals surface area contributed by atoms with Gasteiger partial charge in [0.1, 0.15) is 12.4 Å². The smallest absolute Gasteiger partial charge is 0.308 e. The van der Waals surface area contributed by atoms with E-state index in [2.05, 4.69) is 0 Å². The highest BCUT2D eigenvalue weighted by Crippen LogP contribution is 2.88. The Bertz CT molecular complexity index is 1450. The molecule has 1 aromatic heterocycles. The zero-order valence-electron chi connectivity index (χ0n) is 26.1. The molecule has 4 saturated carbocycles. The maximum Gasteiger partial charge on any atom is 0.308 e. The third kappa shape index (κ3) is 2.83. The zero-order chi connectivity index (χ0) is 31.9. The molecule has 2 saturated heterocycles. The molecule has 44 heavy (non-hydrogen) atoms. The molecule has 0 amide bonds. The van der Waals surface area contributed by atoms with Crippen molar-refractivity contribution in [1.29, 1.82) is 0 Å². The van der Waals surface area contributed by atoms with Crippen molar-refractivity contribution in [2.75, 3.05) is 14.2 Å². The number of rotatable bonds is 7. The average molecular weight is 617 g/mol. The van der Waals surface area contributed by atoms with E-state index >= 15 is 0 Å². The first-order valence-electron chi connectivity index (χ1n) is 15.3. The Labute approximate surface area is 254 Å². The van der Waals surface area contributed by atoms with Crippen LogP contribution in [0.4, 0.5) is 0 Å². The summed E-state index contributed by atoms with van der Waals surface area (Å²) >= 11 is 0. The Morgan fingerprint density at radius 2 is 1.84 bits per heavy atom. The largest absolute Gasteiger partial charge is 0.472 e. The van der Waals surface area contributed by atoms with Crippen molar-refractivity contribution in [3.8, 4) is 0 Å². The predicted octanol–water partition coefficient (Wildman–Crippen LogP) is 3.15. The molecule has 2 aliphatic heterocycles. The molecule has 0 radical (unpaired) electrons. The topological polar surface area (TPSA) is 157 Å². The van der Waals surface area contributed by atoms with Gasteiger partial charge in [-0.2, -0.15) is 4.89 Å². The molecule has 5 unspecified atom stereocenters. The summed E-state index contributed by atoms with van der Waals surface area (Å²) in [6, 6.07) is 1.58. The second-order valence-corrected chi connectivity index (χ2v) is 14.7. The summed E-state index contributed by atoms with van der Waals surface area (Å²) in [6.45, 7) is 8.95. The number of ketones is 1. The number of methoxy groups -OCH3 is 2. The van der Waals surface area contributed by atoms with Gasteiger partial charge in [0.05, 0.1) is 42.8 Å². The van der Waals surface area contributed by atoms with Crippen LogP contribution in [0.15, 0.2) is 23.0 Å². The molecule has 12 nitrogen and oxygen atoms in total. The third-order valence-corrected chi connectivity index (χ3v) is 13.0. The first kappa shape index (κ1) is 29.9. The van der Waals surface area contributed by atoms with E-state index in [0.29, 0.717) is 18.4 Å². The second kappa shape index (κ2) is 8.71. The number of Topliss-reactive ketones (excluding diaryl/α,β-unsaturated/α-hetero) is 1. The highest BCUT2D eigenvalue weighted by molar-refractivity contribution is 6.00. The number of ether oxygens (including phenoxy) is 4. The van der Waals surface area contributed by atoms with Crippen LogP contribution < -0.4 is 0 Å². The van der Waals surface area contributed by atoms with Gasteiger partial charge >= 0.3 is 17.9 Å². The van der Waals surface area contributed by atoms with E-state index in [1.54, 1.807) is 27.0 Å². The summed E-state index contributed by atoms with van der Waals surface area (Å²) in [5.74, 6) is -7.01. The van der Waals surface area contributed by atoms with Crippen molar-refractivity contribution in [3.05, 3.63) is 24.2 Å². The van der Waals surface area contributed by atoms with Crippen LogP contribution in [-0.4, -0.2) is 71.7 Å². The Balaban J connectivity index is 1.51. The van der Waals surface area contributed by atoms with Gasteiger partial charge in [-0.05, 0) is 37.2 Å². The number of fused-ring (bicyclic) bond motifs is 2. The van der Waals surface area contributed by atoms with E-state index in [9.17, 15) is 24.3 Å². The number of aliphatic hydroxyl groups is 1. The molecule has 12 heteroatoms. The molecule has 0 aromatic carbocycles. The van der Waals surface area contributed by atoms with E-state index in [1.165, 1.54) is 19.6 Å².